The van der Waals surface area contributed by atoms with E-state index in [1.165, 1.54) is 36.9 Å². The highest BCUT2D eigenvalue weighted by molar-refractivity contribution is 7.24. The van der Waals surface area contributed by atoms with Gasteiger partial charge in [0.05, 0.1) is 55.2 Å². The lowest BCUT2D eigenvalue weighted by atomic mass is 10.0. The number of carboxylic acids is 1. The second-order valence-corrected chi connectivity index (χ2v) is 38.7. The Morgan fingerprint density at radius 3 is 1.32 bits per heavy atom. The fourth-order valence-corrected chi connectivity index (χ4v) is 19.4. The lowest BCUT2D eigenvalue weighted by Gasteiger charge is -2.31. The summed E-state index contributed by atoms with van der Waals surface area (Å²) in [6.45, 7) is 39.2. The van der Waals surface area contributed by atoms with Gasteiger partial charge in [-0.1, -0.05) is 64.6 Å². The van der Waals surface area contributed by atoms with Gasteiger partial charge in [0, 0.05) is 102 Å². The second kappa shape index (κ2) is 40.0. The number of thiazole rings is 3. The number of hydrogen-bond acceptors (Lipinski definition) is 23. The van der Waals surface area contributed by atoms with Gasteiger partial charge in [-0.25, -0.2) is 34.1 Å². The van der Waals surface area contributed by atoms with Crippen LogP contribution in [0.5, 0.6) is 0 Å². The molecule has 9 aromatic rings. The van der Waals surface area contributed by atoms with Crippen LogP contribution in [0.25, 0.3) is 62.4 Å². The fourth-order valence-electron chi connectivity index (χ4n) is 12.4. The van der Waals surface area contributed by atoms with E-state index in [1.54, 1.807) is 92.2 Å². The molecule has 24 nitrogen and oxygen atoms in total. The SMILES string of the molecule is C.CC(C)(C)OC(=O)N1CCc2c(sc(N)c2-c2nc3ccccc3s2)C1.CCC(C)N(CCC(=O)Nc1sc2c(c1-c1nc3ccccc3s1)CCN(C(=O)OC(C)(C)C)C2)C(=O)OC(C)(C)C.CCC(C)N(CCC(=O)O)C(=O)OC(C)(C)C.CCC(C)NCCC(=O)Nc1sc2c(c1-c1nc3ccccc3s1)CCNC2. The second-order valence-electron chi connectivity index (χ2n) is 32.2. The number of thiophene rings is 3. The number of amides is 6. The first-order valence-corrected chi connectivity index (χ1v) is 43.7. The van der Waals surface area contributed by atoms with Crippen molar-refractivity contribution in [3.05, 3.63) is 104 Å². The molecule has 0 saturated heterocycles. The minimum absolute atomic E-state index is 0. The summed E-state index contributed by atoms with van der Waals surface area (Å²) < 4.78 is 25.4. The largest absolute Gasteiger partial charge is 0.481 e. The van der Waals surface area contributed by atoms with E-state index in [9.17, 15) is 33.6 Å². The lowest BCUT2D eigenvalue weighted by Crippen LogP contribution is -2.43. The van der Waals surface area contributed by atoms with Crippen LogP contribution in [0, 0.1) is 0 Å². The van der Waals surface area contributed by atoms with Crippen molar-refractivity contribution in [2.45, 2.75) is 250 Å². The Morgan fingerprint density at radius 1 is 0.518 bits per heavy atom. The van der Waals surface area contributed by atoms with Crippen molar-refractivity contribution in [1.82, 2.24) is 45.2 Å². The number of carbonyl (C=O) groups excluding carboxylic acids is 6. The highest BCUT2D eigenvalue weighted by Gasteiger charge is 2.35. The van der Waals surface area contributed by atoms with E-state index in [2.05, 4.69) is 53.3 Å². The summed E-state index contributed by atoms with van der Waals surface area (Å²) >= 11 is 9.68. The number of nitrogen functional groups attached to an aromatic ring is 1. The van der Waals surface area contributed by atoms with Gasteiger partial charge >= 0.3 is 30.3 Å². The molecule has 12 rings (SSSR count). The Kier molecular flexibility index (Phi) is 32.0. The average molecular weight is 1680 g/mol. The van der Waals surface area contributed by atoms with Crippen LogP contribution in [-0.2, 0) is 72.2 Å². The minimum Gasteiger partial charge on any atom is -0.481 e. The van der Waals surface area contributed by atoms with Crippen molar-refractivity contribution >= 4 is 156 Å². The quantitative estimate of drug-likeness (QED) is 0.0386. The van der Waals surface area contributed by atoms with Crippen molar-refractivity contribution < 1.29 is 57.6 Å². The van der Waals surface area contributed by atoms with Crippen molar-refractivity contribution in [1.29, 1.82) is 0 Å². The molecule has 620 valence electrons. The summed E-state index contributed by atoms with van der Waals surface area (Å²) in [6, 6.07) is 24.7. The van der Waals surface area contributed by atoms with Gasteiger partial charge in [-0.05, 0) is 202 Å². The number of aliphatic carboxylic acids is 1. The topological polar surface area (TPSA) is 302 Å². The maximum Gasteiger partial charge on any atom is 0.410 e. The van der Waals surface area contributed by atoms with E-state index in [4.69, 9.17) is 44.7 Å². The van der Waals surface area contributed by atoms with Crippen LogP contribution >= 0.6 is 68.0 Å². The van der Waals surface area contributed by atoms with E-state index in [1.807, 2.05) is 145 Å². The standard InChI is InChI=1S/C31H42N4O5S2.C21H26N4OS2.C19H21N3O2S2.C12H23NO4.CH4/c1-9-19(2)35(29(38)40-31(6,7)8)17-15-24(36)33-27-25(26-32-21-12-10-11-13-22(21)41-26)20-14-16-34(18-23(20)42-27)28(37)39-30(3,4)5;1-3-13(2)23-11-9-18(26)25-21-19(14-8-10-22-12-17(14)28-21)20-24-15-6-4-5-7-16(15)27-20;1-19(2,3)24-18(23)22-9-8-11-14(10-22)25-16(20)15(11)17-21-12-6-4-5-7-13(12)26-17;1-6-9(2)13(8-7-10(14)15)11(16)17-12(3,4)5;/h10-13,19H,9,14-18H2,1-8H3,(H,33,36);4-7,13,22-23H,3,8-12H2,1-2H3,(H,25,26);4-7H,8-10,20H2,1-3H3;9H,6-8H2,1-5H3,(H,14,15);1H4. The maximum absolute atomic E-state index is 13.3. The first-order valence-electron chi connectivity index (χ1n) is 38.8. The van der Waals surface area contributed by atoms with E-state index in [0.29, 0.717) is 56.6 Å². The minimum atomic E-state index is -0.915. The number of nitrogens with two attached hydrogens (primary N) is 1. The van der Waals surface area contributed by atoms with E-state index >= 15 is 0 Å². The average Bonchev–Trinajstić information content (AvgIpc) is 1.62. The highest BCUT2D eigenvalue weighted by Crippen LogP contribution is 2.48. The van der Waals surface area contributed by atoms with Crippen molar-refractivity contribution in [2.24, 2.45) is 0 Å². The van der Waals surface area contributed by atoms with Crippen molar-refractivity contribution in [3.63, 3.8) is 0 Å². The van der Waals surface area contributed by atoms with Crippen LogP contribution < -0.4 is 27.0 Å². The molecule has 6 amide bonds. The molecule has 0 saturated carbocycles. The van der Waals surface area contributed by atoms with Gasteiger partial charge in [0.2, 0.25) is 11.8 Å². The highest BCUT2D eigenvalue weighted by atomic mass is 32.1. The number of hydrogen-bond donors (Lipinski definition) is 6. The number of rotatable bonds is 20. The molecule has 30 heteroatoms. The van der Waals surface area contributed by atoms with Gasteiger partial charge in [0.15, 0.2) is 0 Å². The number of nitrogens with zero attached hydrogens (tertiary/aromatic N) is 7. The van der Waals surface area contributed by atoms with Gasteiger partial charge in [-0.15, -0.1) is 68.0 Å². The molecule has 3 aromatic carbocycles. The van der Waals surface area contributed by atoms with Gasteiger partial charge in [0.25, 0.3) is 0 Å². The zero-order chi connectivity index (χ0) is 82.4. The number of ether oxygens (including phenoxy) is 4. The van der Waals surface area contributed by atoms with Crippen LogP contribution in [0.2, 0.25) is 0 Å². The molecule has 9 heterocycles. The van der Waals surface area contributed by atoms with Crippen molar-refractivity contribution in [3.8, 4) is 31.7 Å². The number of nitrogens with one attached hydrogen (secondary N) is 4. The van der Waals surface area contributed by atoms with E-state index in [-0.39, 0.29) is 69.4 Å². The summed E-state index contributed by atoms with van der Waals surface area (Å²) in [5, 5.41) is 27.0. The predicted octanol–water partition coefficient (Wildman–Crippen LogP) is 20.1. The smallest absolute Gasteiger partial charge is 0.410 e. The van der Waals surface area contributed by atoms with Gasteiger partial charge < -0.3 is 70.7 Å². The summed E-state index contributed by atoms with van der Waals surface area (Å²) in [4.78, 5) is 111. The molecule has 3 aliphatic rings. The summed E-state index contributed by atoms with van der Waals surface area (Å²) in [6.07, 6.45) is 3.99. The summed E-state index contributed by atoms with van der Waals surface area (Å²) in [7, 11) is 0. The van der Waals surface area contributed by atoms with Crippen LogP contribution in [0.1, 0.15) is 202 Å². The third-order valence-corrected chi connectivity index (χ3v) is 25.0. The molecule has 3 aliphatic heterocycles. The maximum atomic E-state index is 13.3. The van der Waals surface area contributed by atoms with Gasteiger partial charge in [0.1, 0.15) is 47.4 Å². The predicted molar refractivity (Wildman–Crippen MR) is 468 cm³/mol. The number of benzene rings is 3. The van der Waals surface area contributed by atoms with Gasteiger partial charge in [-0.3, -0.25) is 14.4 Å². The molecule has 114 heavy (non-hydrogen) atoms. The van der Waals surface area contributed by atoms with Crippen LogP contribution in [0.3, 0.4) is 0 Å². The first kappa shape index (κ1) is 91.2. The number of para-hydroxylation sites is 3. The summed E-state index contributed by atoms with van der Waals surface area (Å²) in [5.41, 5.74) is 13.8. The van der Waals surface area contributed by atoms with Crippen LogP contribution in [-0.4, -0.2) is 162 Å². The number of aromatic nitrogens is 3. The molecular weight excluding hydrogens is 1560 g/mol. The Morgan fingerprint density at radius 2 is 0.904 bits per heavy atom. The van der Waals surface area contributed by atoms with Gasteiger partial charge in [-0.2, -0.15) is 0 Å². The molecule has 0 spiro atoms. The van der Waals surface area contributed by atoms with Crippen molar-refractivity contribution in [2.75, 3.05) is 55.6 Å². The number of anilines is 3. The molecule has 0 fully saturated rings. The van der Waals surface area contributed by atoms with Crippen LogP contribution in [0.4, 0.5) is 34.2 Å². The third-order valence-electron chi connectivity index (χ3n) is 18.5. The molecule has 0 radical (unpaired) electrons. The normalized spacial score (nSPS) is 14.2. The monoisotopic (exact) mass is 1680 g/mol. The Labute approximate surface area is 695 Å². The first-order chi connectivity index (χ1) is 53.3. The Bertz CT molecular complexity index is 4700. The molecule has 6 aromatic heterocycles. The Balaban J connectivity index is 0.000000199. The molecule has 3 atom stereocenters. The molecule has 7 N–H and O–H groups in total. The zero-order valence-corrected chi connectivity index (χ0v) is 73.4. The molecule has 0 bridgehead atoms. The fraction of sp³-hybridized carbons (Fsp3) is 0.524. The van der Waals surface area contributed by atoms with Crippen LogP contribution in [0.15, 0.2) is 72.8 Å². The zero-order valence-electron chi connectivity index (χ0n) is 68.5. The molecular formula is C84H116N12O12S6. The lowest BCUT2D eigenvalue weighted by molar-refractivity contribution is -0.137. The van der Waals surface area contributed by atoms with E-state index in [0.717, 1.165) is 128 Å². The molecule has 0 aliphatic carbocycles. The number of carboxylic acid groups (broad SMARTS) is 1. The van der Waals surface area contributed by atoms with E-state index < -0.39 is 40.6 Å². The Hall–Kier alpha value is -8.36. The number of carbonyl (C=O) groups is 7. The summed E-state index contributed by atoms with van der Waals surface area (Å²) in [5.74, 6) is -1.05. The number of fused-ring (bicyclic) bond motifs is 6. The third kappa shape index (κ3) is 25.3. The molecule has 3 unspecified atom stereocenters.